The molecular formula is C11H16FN. The lowest BCUT2D eigenvalue weighted by atomic mass is 10.0. The lowest BCUT2D eigenvalue weighted by Crippen LogP contribution is -2.19. The largest absolute Gasteiger partial charge is 0.316 e. The molecule has 0 bridgehead atoms. The van der Waals surface area contributed by atoms with Gasteiger partial charge in [-0.3, -0.25) is 0 Å². The molecule has 1 aromatic rings. The second-order valence-corrected chi connectivity index (χ2v) is 3.23. The number of rotatable bonds is 4. The molecule has 0 aliphatic carbocycles. The third-order valence-electron chi connectivity index (χ3n) is 2.14. The fourth-order valence-electron chi connectivity index (χ4n) is 1.35. The van der Waals surface area contributed by atoms with E-state index < -0.39 is 0 Å². The number of nitrogens with one attached hydrogen (secondary N) is 1. The second-order valence-electron chi connectivity index (χ2n) is 3.23. The van der Waals surface area contributed by atoms with Gasteiger partial charge in [0.05, 0.1) is 0 Å². The predicted octanol–water partition coefficient (Wildman–Crippen LogP) is 2.54. The molecule has 72 valence electrons. The van der Waals surface area contributed by atoms with Crippen molar-refractivity contribution in [2.75, 3.05) is 13.1 Å². The Morgan fingerprint density at radius 3 is 2.69 bits per heavy atom. The highest BCUT2D eigenvalue weighted by Crippen LogP contribution is 2.17. The van der Waals surface area contributed by atoms with Crippen molar-refractivity contribution in [3.8, 4) is 0 Å². The average molecular weight is 181 g/mol. The molecule has 0 radical (unpaired) electrons. The summed E-state index contributed by atoms with van der Waals surface area (Å²) in [6.45, 7) is 5.84. The topological polar surface area (TPSA) is 12.0 Å². The maximum Gasteiger partial charge on any atom is 0.126 e. The Labute approximate surface area is 79.0 Å². The number of hydrogen-bond donors (Lipinski definition) is 1. The molecule has 1 unspecified atom stereocenters. The number of hydrogen-bond acceptors (Lipinski definition) is 1. The minimum atomic E-state index is -0.104. The normalized spacial score (nSPS) is 12.8. The van der Waals surface area contributed by atoms with Crippen LogP contribution in [0.2, 0.25) is 0 Å². The summed E-state index contributed by atoms with van der Waals surface area (Å²) in [5.74, 6) is 0.133. The van der Waals surface area contributed by atoms with Gasteiger partial charge >= 0.3 is 0 Å². The predicted molar refractivity (Wildman–Crippen MR) is 53.4 cm³/mol. The van der Waals surface area contributed by atoms with Gasteiger partial charge in [-0.05, 0) is 24.1 Å². The van der Waals surface area contributed by atoms with E-state index in [1.165, 1.54) is 6.07 Å². The van der Waals surface area contributed by atoms with Crippen LogP contribution in [-0.4, -0.2) is 13.1 Å². The molecule has 1 atom stereocenters. The lowest BCUT2D eigenvalue weighted by molar-refractivity contribution is 0.567. The van der Waals surface area contributed by atoms with Crippen molar-refractivity contribution in [1.29, 1.82) is 0 Å². The van der Waals surface area contributed by atoms with Crippen molar-refractivity contribution in [3.63, 3.8) is 0 Å². The van der Waals surface area contributed by atoms with Gasteiger partial charge in [-0.25, -0.2) is 4.39 Å². The highest BCUT2D eigenvalue weighted by molar-refractivity contribution is 5.21. The summed E-state index contributed by atoms with van der Waals surface area (Å²) in [6.07, 6.45) is 0. The van der Waals surface area contributed by atoms with Gasteiger partial charge in [0, 0.05) is 6.54 Å². The Morgan fingerprint density at radius 1 is 1.38 bits per heavy atom. The van der Waals surface area contributed by atoms with Gasteiger partial charge in [0.1, 0.15) is 5.82 Å². The molecule has 2 heteroatoms. The Morgan fingerprint density at radius 2 is 2.08 bits per heavy atom. The maximum atomic E-state index is 13.2. The van der Waals surface area contributed by atoms with Gasteiger partial charge in [-0.2, -0.15) is 0 Å². The summed E-state index contributed by atoms with van der Waals surface area (Å²) in [5, 5.41) is 3.21. The van der Waals surface area contributed by atoms with Gasteiger partial charge < -0.3 is 5.32 Å². The summed E-state index contributed by atoms with van der Waals surface area (Å²) in [7, 11) is 0. The second kappa shape index (κ2) is 4.97. The third-order valence-corrected chi connectivity index (χ3v) is 2.14. The summed E-state index contributed by atoms with van der Waals surface area (Å²) < 4.78 is 13.2. The Hall–Kier alpha value is -0.890. The van der Waals surface area contributed by atoms with E-state index in [9.17, 15) is 4.39 Å². The molecule has 0 aliphatic rings. The highest BCUT2D eigenvalue weighted by Gasteiger charge is 2.08. The zero-order valence-corrected chi connectivity index (χ0v) is 8.18. The maximum absolute atomic E-state index is 13.2. The van der Waals surface area contributed by atoms with Crippen LogP contribution in [0, 0.1) is 5.82 Å². The third kappa shape index (κ3) is 2.81. The monoisotopic (exact) mass is 181 g/mol. The van der Waals surface area contributed by atoms with Gasteiger partial charge in [-0.1, -0.05) is 32.0 Å². The smallest absolute Gasteiger partial charge is 0.126 e. The van der Waals surface area contributed by atoms with Crippen molar-refractivity contribution >= 4 is 0 Å². The summed E-state index contributed by atoms with van der Waals surface area (Å²) in [4.78, 5) is 0. The zero-order chi connectivity index (χ0) is 9.68. The molecule has 1 rings (SSSR count). The van der Waals surface area contributed by atoms with E-state index in [0.717, 1.165) is 18.7 Å². The van der Waals surface area contributed by atoms with E-state index in [1.54, 1.807) is 6.07 Å². The molecule has 1 N–H and O–H groups in total. The van der Waals surface area contributed by atoms with E-state index in [2.05, 4.69) is 5.32 Å². The molecule has 1 aromatic carbocycles. The molecule has 0 aliphatic heterocycles. The SMILES string of the molecule is CCNCC(C)c1ccccc1F. The number of benzene rings is 1. The van der Waals surface area contributed by atoms with E-state index >= 15 is 0 Å². The molecule has 0 fully saturated rings. The van der Waals surface area contributed by atoms with Crippen LogP contribution in [0.3, 0.4) is 0 Å². The standard InChI is InChI=1S/C11H16FN/c1-3-13-8-9(2)10-6-4-5-7-11(10)12/h4-7,9,13H,3,8H2,1-2H3. The molecule has 1 nitrogen and oxygen atoms in total. The number of halogens is 1. The van der Waals surface area contributed by atoms with Gasteiger partial charge in [0.25, 0.3) is 0 Å². The van der Waals surface area contributed by atoms with E-state index in [0.29, 0.717) is 0 Å². The van der Waals surface area contributed by atoms with Crippen molar-refractivity contribution in [3.05, 3.63) is 35.6 Å². The molecule has 0 spiro atoms. The van der Waals surface area contributed by atoms with E-state index in [1.807, 2.05) is 26.0 Å². The van der Waals surface area contributed by atoms with Crippen LogP contribution in [0.25, 0.3) is 0 Å². The molecular weight excluding hydrogens is 165 g/mol. The highest BCUT2D eigenvalue weighted by atomic mass is 19.1. The van der Waals surface area contributed by atoms with Crippen LogP contribution in [0.5, 0.6) is 0 Å². The van der Waals surface area contributed by atoms with Crippen LogP contribution in [0.4, 0.5) is 4.39 Å². The van der Waals surface area contributed by atoms with Crippen molar-refractivity contribution in [1.82, 2.24) is 5.32 Å². The van der Waals surface area contributed by atoms with Crippen molar-refractivity contribution < 1.29 is 4.39 Å². The summed E-state index contributed by atoms with van der Waals surface area (Å²) in [5.41, 5.74) is 0.795. The van der Waals surface area contributed by atoms with Crippen molar-refractivity contribution in [2.45, 2.75) is 19.8 Å². The summed E-state index contributed by atoms with van der Waals surface area (Å²) in [6, 6.07) is 6.95. The first-order valence-corrected chi connectivity index (χ1v) is 4.70. The van der Waals surface area contributed by atoms with Crippen LogP contribution in [-0.2, 0) is 0 Å². The number of likely N-dealkylation sites (N-methyl/N-ethyl adjacent to an activating group) is 1. The van der Waals surface area contributed by atoms with E-state index in [-0.39, 0.29) is 11.7 Å². The average Bonchev–Trinajstić information content (AvgIpc) is 2.15. The fraction of sp³-hybridized carbons (Fsp3) is 0.455. The first-order valence-electron chi connectivity index (χ1n) is 4.70. The molecule has 0 saturated carbocycles. The van der Waals surface area contributed by atoms with Gasteiger partial charge in [0.15, 0.2) is 0 Å². The minimum Gasteiger partial charge on any atom is -0.316 e. The Kier molecular flexibility index (Phi) is 3.90. The van der Waals surface area contributed by atoms with Crippen LogP contribution in [0.1, 0.15) is 25.3 Å². The molecule has 0 saturated heterocycles. The van der Waals surface area contributed by atoms with Crippen molar-refractivity contribution in [2.24, 2.45) is 0 Å². The molecule has 0 amide bonds. The van der Waals surface area contributed by atoms with Gasteiger partial charge in [-0.15, -0.1) is 0 Å². The molecule has 0 heterocycles. The first-order chi connectivity index (χ1) is 6.25. The molecule has 13 heavy (non-hydrogen) atoms. The van der Waals surface area contributed by atoms with E-state index in [4.69, 9.17) is 0 Å². The quantitative estimate of drug-likeness (QED) is 0.752. The van der Waals surface area contributed by atoms with Crippen LogP contribution < -0.4 is 5.32 Å². The van der Waals surface area contributed by atoms with Gasteiger partial charge in [0.2, 0.25) is 0 Å². The first kappa shape index (κ1) is 10.2. The zero-order valence-electron chi connectivity index (χ0n) is 8.18. The Bertz CT molecular complexity index is 260. The van der Waals surface area contributed by atoms with Crippen LogP contribution in [0.15, 0.2) is 24.3 Å². The lowest BCUT2D eigenvalue weighted by Gasteiger charge is -2.12. The summed E-state index contributed by atoms with van der Waals surface area (Å²) >= 11 is 0. The van der Waals surface area contributed by atoms with Crippen LogP contribution >= 0.6 is 0 Å². The Balaban J connectivity index is 2.65. The fourth-order valence-corrected chi connectivity index (χ4v) is 1.35. The molecule has 0 aromatic heterocycles. The minimum absolute atomic E-state index is 0.104.